The maximum atomic E-state index is 12.8. The minimum atomic E-state index is -3.74. The van der Waals surface area contributed by atoms with Crippen molar-refractivity contribution in [1.29, 1.82) is 0 Å². The Morgan fingerprint density at radius 2 is 1.71 bits per heavy atom. The zero-order valence-corrected chi connectivity index (χ0v) is 10.6. The van der Waals surface area contributed by atoms with Crippen molar-refractivity contribution >= 4 is 19.7 Å². The summed E-state index contributed by atoms with van der Waals surface area (Å²) in [5, 5.41) is -1.02. The summed E-state index contributed by atoms with van der Waals surface area (Å²) in [5.41, 5.74) is 0. The maximum absolute atomic E-state index is 12.8. The van der Waals surface area contributed by atoms with E-state index in [1.165, 1.54) is 18.2 Å². The third-order valence-electron chi connectivity index (χ3n) is 2.62. The molecule has 0 aliphatic heterocycles. The van der Waals surface area contributed by atoms with Crippen molar-refractivity contribution in [3.63, 3.8) is 0 Å². The van der Waals surface area contributed by atoms with E-state index in [9.17, 15) is 21.2 Å². The minimum Gasteiger partial charge on any atom is -0.246 e. The number of rotatable bonds is 3. The lowest BCUT2D eigenvalue weighted by Gasteiger charge is -2.04. The summed E-state index contributed by atoms with van der Waals surface area (Å²) < 4.78 is 59.1. The number of halogens is 1. The summed E-state index contributed by atoms with van der Waals surface area (Å²) in [7, 11) is -7.20. The molecule has 0 aromatic heterocycles. The smallest absolute Gasteiger partial charge is 0.184 e. The Hall–Kier alpha value is -0.950. The van der Waals surface area contributed by atoms with E-state index in [-0.39, 0.29) is 16.2 Å². The quantitative estimate of drug-likeness (QED) is 0.826. The Bertz CT molecular complexity index is 649. The van der Waals surface area contributed by atoms with Crippen LogP contribution in [0.4, 0.5) is 4.39 Å². The Morgan fingerprint density at radius 3 is 2.18 bits per heavy atom. The predicted molar refractivity (Wildman–Crippen MR) is 60.0 cm³/mol. The SMILES string of the molecule is CS(=O)(=O)c1cccc(S(=O)(=O)[C@@H]2C[C@@H]2F)c1. The number of sulfone groups is 2. The van der Waals surface area contributed by atoms with Crippen molar-refractivity contribution in [2.24, 2.45) is 0 Å². The Balaban J connectivity index is 2.48. The van der Waals surface area contributed by atoms with Crippen molar-refractivity contribution in [3.8, 4) is 0 Å². The first kappa shape index (κ1) is 12.5. The van der Waals surface area contributed by atoms with E-state index in [0.717, 1.165) is 12.3 Å². The van der Waals surface area contributed by atoms with Crippen LogP contribution in [0, 0.1) is 0 Å². The molecule has 0 heterocycles. The van der Waals surface area contributed by atoms with Gasteiger partial charge >= 0.3 is 0 Å². The van der Waals surface area contributed by atoms with Crippen LogP contribution in [0.1, 0.15) is 6.42 Å². The fourth-order valence-corrected chi connectivity index (χ4v) is 4.00. The Morgan fingerprint density at radius 1 is 1.18 bits per heavy atom. The molecule has 0 bridgehead atoms. The van der Waals surface area contributed by atoms with Gasteiger partial charge in [-0.25, -0.2) is 21.2 Å². The standard InChI is InChI=1S/C10H11FO4S2/c1-16(12,13)7-3-2-4-8(5-7)17(14,15)10-6-9(10)11/h2-5,9-10H,6H2,1H3/t9-,10+/m0/s1. The zero-order valence-electron chi connectivity index (χ0n) is 9.00. The van der Waals surface area contributed by atoms with Crippen LogP contribution in [-0.4, -0.2) is 34.5 Å². The molecular formula is C10H11FO4S2. The molecule has 1 aromatic carbocycles. The second-order valence-corrected chi connectivity index (χ2v) is 8.26. The molecule has 0 unspecified atom stereocenters. The second-order valence-electron chi connectivity index (χ2n) is 4.08. The molecule has 2 rings (SSSR count). The van der Waals surface area contributed by atoms with Gasteiger partial charge in [0.2, 0.25) is 0 Å². The van der Waals surface area contributed by atoms with Gasteiger partial charge in [0.25, 0.3) is 0 Å². The van der Waals surface area contributed by atoms with Gasteiger partial charge in [0.05, 0.1) is 15.0 Å². The number of hydrogen-bond acceptors (Lipinski definition) is 4. The Labute approximate surface area is 99.3 Å². The van der Waals surface area contributed by atoms with E-state index in [0.29, 0.717) is 0 Å². The zero-order chi connectivity index (χ0) is 12.8. The molecule has 0 radical (unpaired) electrons. The summed E-state index contributed by atoms with van der Waals surface area (Å²) in [5.74, 6) is 0. The molecule has 2 atom stereocenters. The third kappa shape index (κ3) is 2.35. The highest BCUT2D eigenvalue weighted by molar-refractivity contribution is 7.92. The van der Waals surface area contributed by atoms with E-state index < -0.39 is 31.1 Å². The molecule has 1 aliphatic rings. The molecular weight excluding hydrogens is 267 g/mol. The lowest BCUT2D eigenvalue weighted by molar-refractivity contribution is 0.477. The molecule has 4 nitrogen and oxygen atoms in total. The van der Waals surface area contributed by atoms with Crippen molar-refractivity contribution in [2.75, 3.05) is 6.26 Å². The topological polar surface area (TPSA) is 68.3 Å². The highest BCUT2D eigenvalue weighted by Crippen LogP contribution is 2.37. The molecule has 1 saturated carbocycles. The predicted octanol–water partition coefficient (Wildman–Crippen LogP) is 0.974. The van der Waals surface area contributed by atoms with E-state index in [1.54, 1.807) is 0 Å². The van der Waals surface area contributed by atoms with Crippen molar-refractivity contribution in [2.45, 2.75) is 27.6 Å². The van der Waals surface area contributed by atoms with E-state index in [4.69, 9.17) is 0 Å². The average molecular weight is 278 g/mol. The monoisotopic (exact) mass is 278 g/mol. The van der Waals surface area contributed by atoms with E-state index in [1.807, 2.05) is 0 Å². The van der Waals surface area contributed by atoms with Gasteiger partial charge in [-0.05, 0) is 24.6 Å². The number of alkyl halides is 1. The molecule has 94 valence electrons. The summed E-state index contributed by atoms with van der Waals surface area (Å²) in [6.45, 7) is 0. The van der Waals surface area contributed by atoms with Gasteiger partial charge in [-0.3, -0.25) is 0 Å². The highest BCUT2D eigenvalue weighted by Gasteiger charge is 2.48. The normalized spacial score (nSPS) is 24.6. The lowest BCUT2D eigenvalue weighted by atomic mass is 10.4. The number of benzene rings is 1. The summed E-state index contributed by atoms with van der Waals surface area (Å²) in [6.07, 6.45) is -0.346. The van der Waals surface area contributed by atoms with Gasteiger partial charge in [-0.15, -0.1) is 0 Å². The second kappa shape index (κ2) is 3.78. The van der Waals surface area contributed by atoms with Crippen LogP contribution >= 0.6 is 0 Å². The molecule has 7 heteroatoms. The van der Waals surface area contributed by atoms with E-state index >= 15 is 0 Å². The van der Waals surface area contributed by atoms with Gasteiger partial charge < -0.3 is 0 Å². The third-order valence-corrected chi connectivity index (χ3v) is 5.92. The lowest BCUT2D eigenvalue weighted by Crippen LogP contribution is -2.10. The largest absolute Gasteiger partial charge is 0.246 e. The van der Waals surface area contributed by atoms with Crippen LogP contribution in [0.5, 0.6) is 0 Å². The van der Waals surface area contributed by atoms with Crippen LogP contribution in [-0.2, 0) is 19.7 Å². The maximum Gasteiger partial charge on any atom is 0.184 e. The van der Waals surface area contributed by atoms with Crippen LogP contribution < -0.4 is 0 Å². The van der Waals surface area contributed by atoms with Gasteiger partial charge in [0.1, 0.15) is 6.17 Å². The van der Waals surface area contributed by atoms with Gasteiger partial charge in [-0.2, -0.15) is 0 Å². The summed E-state index contributed by atoms with van der Waals surface area (Å²) in [6, 6.07) is 5.03. The molecule has 0 N–H and O–H groups in total. The highest BCUT2D eigenvalue weighted by atomic mass is 32.2. The van der Waals surface area contributed by atoms with Gasteiger partial charge in [0.15, 0.2) is 19.7 Å². The first-order valence-electron chi connectivity index (χ1n) is 4.91. The minimum absolute atomic E-state index is 0.00850. The molecule has 0 spiro atoms. The molecule has 1 fully saturated rings. The Kier molecular flexibility index (Phi) is 2.78. The van der Waals surface area contributed by atoms with Gasteiger partial charge in [-0.1, -0.05) is 6.07 Å². The molecule has 17 heavy (non-hydrogen) atoms. The van der Waals surface area contributed by atoms with E-state index in [2.05, 4.69) is 0 Å². The average Bonchev–Trinajstić information content (AvgIpc) is 2.95. The fourth-order valence-electron chi connectivity index (χ4n) is 1.52. The first-order chi connectivity index (χ1) is 7.73. The van der Waals surface area contributed by atoms with Crippen LogP contribution in [0.15, 0.2) is 34.1 Å². The van der Waals surface area contributed by atoms with Gasteiger partial charge in [0, 0.05) is 6.26 Å². The van der Waals surface area contributed by atoms with Crippen LogP contribution in [0.3, 0.4) is 0 Å². The molecule has 1 aromatic rings. The van der Waals surface area contributed by atoms with Crippen molar-refractivity contribution < 1.29 is 21.2 Å². The van der Waals surface area contributed by atoms with Crippen LogP contribution in [0.25, 0.3) is 0 Å². The van der Waals surface area contributed by atoms with Crippen LogP contribution in [0.2, 0.25) is 0 Å². The fraction of sp³-hybridized carbons (Fsp3) is 0.400. The van der Waals surface area contributed by atoms with Crippen molar-refractivity contribution in [3.05, 3.63) is 24.3 Å². The number of hydrogen-bond donors (Lipinski definition) is 0. The molecule has 1 aliphatic carbocycles. The summed E-state index contributed by atoms with van der Waals surface area (Å²) in [4.78, 5) is -0.208. The first-order valence-corrected chi connectivity index (χ1v) is 8.35. The molecule has 0 saturated heterocycles. The summed E-state index contributed by atoms with van der Waals surface area (Å²) >= 11 is 0. The van der Waals surface area contributed by atoms with Crippen molar-refractivity contribution in [1.82, 2.24) is 0 Å². The molecule has 0 amide bonds.